The molecule has 0 aliphatic carbocycles. The number of ether oxygens (including phenoxy) is 5. The van der Waals surface area contributed by atoms with Crippen molar-refractivity contribution >= 4 is 60.2 Å². The van der Waals surface area contributed by atoms with E-state index < -0.39 is 18.0 Å². The molecule has 48 heavy (non-hydrogen) atoms. The Morgan fingerprint density at radius 3 is 2.12 bits per heavy atom. The highest BCUT2D eigenvalue weighted by Crippen LogP contribution is 2.36. The molecule has 4 amide bonds. The minimum Gasteiger partial charge on any atom is -0.496 e. The van der Waals surface area contributed by atoms with E-state index >= 15 is 0 Å². The summed E-state index contributed by atoms with van der Waals surface area (Å²) >= 11 is 1.31. The number of nitrogens with zero attached hydrogens (tertiary/aromatic N) is 1. The van der Waals surface area contributed by atoms with E-state index in [1.165, 1.54) is 19.1 Å². The summed E-state index contributed by atoms with van der Waals surface area (Å²) < 4.78 is 29.6. The van der Waals surface area contributed by atoms with Crippen molar-refractivity contribution in [1.29, 1.82) is 0 Å². The van der Waals surface area contributed by atoms with Gasteiger partial charge >= 0.3 is 12.1 Å². The van der Waals surface area contributed by atoms with E-state index in [0.29, 0.717) is 53.0 Å². The molecular formula is C32H44N4O11S. The molecular weight excluding hydrogens is 648 g/mol. The average molecular weight is 693 g/mol. The second kappa shape index (κ2) is 24.1. The molecule has 0 aromatic heterocycles. The minimum atomic E-state index is -0.663. The third-order valence-electron chi connectivity index (χ3n) is 5.97. The maximum Gasteiger partial charge on any atom is 0.411 e. The summed E-state index contributed by atoms with van der Waals surface area (Å²) in [7, 11) is 6.23. The van der Waals surface area contributed by atoms with E-state index in [9.17, 15) is 24.0 Å². The smallest absolute Gasteiger partial charge is 0.411 e. The predicted molar refractivity (Wildman–Crippen MR) is 182 cm³/mol. The average Bonchev–Trinajstić information content (AvgIpc) is 3.10. The number of carbonyl (C=O) groups excluding carboxylic acids is 5. The number of rotatable bonds is 19. The van der Waals surface area contributed by atoms with Crippen LogP contribution in [0.5, 0.6) is 23.0 Å². The number of benzene rings is 2. The van der Waals surface area contributed by atoms with Crippen LogP contribution >= 0.6 is 11.9 Å². The van der Waals surface area contributed by atoms with Gasteiger partial charge in [-0.2, -0.15) is 0 Å². The van der Waals surface area contributed by atoms with Gasteiger partial charge in [-0.1, -0.05) is 20.3 Å². The quantitative estimate of drug-likeness (QED) is 0.0761. The highest BCUT2D eigenvalue weighted by atomic mass is 32.2. The normalized spacial score (nSPS) is 10.0. The van der Waals surface area contributed by atoms with Crippen LogP contribution in [0.15, 0.2) is 35.7 Å². The highest BCUT2D eigenvalue weighted by molar-refractivity contribution is 8.03. The van der Waals surface area contributed by atoms with Gasteiger partial charge in [-0.05, 0) is 54.5 Å². The molecule has 0 bridgehead atoms. The lowest BCUT2D eigenvalue weighted by atomic mass is 10.1. The van der Waals surface area contributed by atoms with Crippen molar-refractivity contribution in [2.75, 3.05) is 51.6 Å². The Morgan fingerprint density at radius 2 is 1.56 bits per heavy atom. The molecule has 0 aliphatic rings. The lowest BCUT2D eigenvalue weighted by Crippen LogP contribution is -2.32. The van der Waals surface area contributed by atoms with Gasteiger partial charge in [0.15, 0.2) is 0 Å². The van der Waals surface area contributed by atoms with Gasteiger partial charge in [0.1, 0.15) is 29.6 Å². The van der Waals surface area contributed by atoms with Gasteiger partial charge in [-0.3, -0.25) is 19.7 Å². The van der Waals surface area contributed by atoms with Crippen LogP contribution < -0.4 is 34.3 Å². The van der Waals surface area contributed by atoms with Crippen LogP contribution in [-0.2, 0) is 28.8 Å². The number of amides is 4. The van der Waals surface area contributed by atoms with Crippen molar-refractivity contribution in [3.05, 3.63) is 41.3 Å². The van der Waals surface area contributed by atoms with Gasteiger partial charge < -0.3 is 38.6 Å². The van der Waals surface area contributed by atoms with Crippen LogP contribution in [0.1, 0.15) is 51.5 Å². The van der Waals surface area contributed by atoms with Gasteiger partial charge in [0, 0.05) is 30.7 Å². The zero-order chi connectivity index (χ0) is 35.7. The number of hydrogen-bond donors (Lipinski definition) is 3. The fourth-order valence-corrected chi connectivity index (χ4v) is 4.14. The Bertz CT molecular complexity index is 1330. The Kier molecular flexibility index (Phi) is 20.5. The molecule has 15 nitrogen and oxygen atoms in total. The Hall–Kier alpha value is -5.12. The summed E-state index contributed by atoms with van der Waals surface area (Å²) in [5, 5.41) is 7.34. The highest BCUT2D eigenvalue weighted by Gasteiger charge is 2.17. The number of unbranched alkanes of at least 4 members (excludes halogenated alkanes) is 1. The van der Waals surface area contributed by atoms with Crippen LogP contribution in [0.25, 0.3) is 6.08 Å². The molecule has 2 aromatic carbocycles. The zero-order valence-corrected chi connectivity index (χ0v) is 28.8. The monoisotopic (exact) mass is 692 g/mol. The van der Waals surface area contributed by atoms with Gasteiger partial charge in [0.25, 0.3) is 12.3 Å². The molecule has 2 aromatic rings. The van der Waals surface area contributed by atoms with E-state index in [1.807, 2.05) is 18.4 Å². The third-order valence-corrected chi connectivity index (χ3v) is 6.60. The largest absolute Gasteiger partial charge is 0.496 e. The second-order valence-electron chi connectivity index (χ2n) is 9.36. The van der Waals surface area contributed by atoms with E-state index in [1.54, 1.807) is 58.6 Å². The molecule has 0 saturated heterocycles. The third kappa shape index (κ3) is 15.0. The summed E-state index contributed by atoms with van der Waals surface area (Å²) in [5.74, 6) is 1.28. The second-order valence-corrected chi connectivity index (χ2v) is 10.1. The number of carbonyl (C=O) groups is 5. The Labute approximate surface area is 284 Å². The van der Waals surface area contributed by atoms with Crippen LogP contribution in [0.4, 0.5) is 16.2 Å². The van der Waals surface area contributed by atoms with Gasteiger partial charge in [-0.25, -0.2) is 9.59 Å². The molecule has 264 valence electrons. The van der Waals surface area contributed by atoms with Crippen molar-refractivity contribution in [2.24, 2.45) is 0 Å². The van der Waals surface area contributed by atoms with E-state index in [0.717, 1.165) is 17.7 Å². The molecule has 0 atom stereocenters. The van der Waals surface area contributed by atoms with Crippen molar-refractivity contribution in [3.8, 4) is 23.0 Å². The maximum atomic E-state index is 12.0. The number of hydroxylamine groups is 2. The molecule has 3 N–H and O–H groups in total. The molecule has 2 rings (SSSR count). The van der Waals surface area contributed by atoms with Crippen LogP contribution in [0.2, 0.25) is 0 Å². The topological polar surface area (TPSA) is 180 Å². The Morgan fingerprint density at radius 1 is 0.875 bits per heavy atom. The fraction of sp³-hybridized carbons (Fsp3) is 0.406. The van der Waals surface area contributed by atoms with Crippen molar-refractivity contribution in [1.82, 2.24) is 10.4 Å². The maximum absolute atomic E-state index is 12.0. The van der Waals surface area contributed by atoms with Gasteiger partial charge in [0.05, 0.1) is 46.2 Å². The number of nitrogens with one attached hydrogen (secondary N) is 3. The van der Waals surface area contributed by atoms with Crippen LogP contribution in [0, 0.1) is 0 Å². The molecule has 0 spiro atoms. The summed E-state index contributed by atoms with van der Waals surface area (Å²) in [5.41, 5.74) is 1.91. The zero-order valence-electron chi connectivity index (χ0n) is 28.0. The van der Waals surface area contributed by atoms with Crippen molar-refractivity contribution in [3.63, 3.8) is 0 Å². The molecule has 0 unspecified atom stereocenters. The molecule has 16 heteroatoms. The lowest BCUT2D eigenvalue weighted by Gasteiger charge is -2.13. The standard InChI is InChI=1S/C22H27N3O7S.C10H17NO4/c1-28-16-12-20(30-3)17(21(13-16)31-4)7-10-33-25-15-5-6-19(29-2)18(11-15)24-22(27)32-9-8-23-14-26;1-3-5-7-10(14)15-11(8-12)9(13)6-4-2/h5-7,10-14,25H,8-9H2,1-4H3,(H,23,26)(H,24,27);8H,3-7H2,1-2H3/b10-7+;. The summed E-state index contributed by atoms with van der Waals surface area (Å²) in [6, 6.07) is 8.77. The number of methoxy groups -OCH3 is 4. The number of hydrogen-bond acceptors (Lipinski definition) is 13. The first-order valence-corrected chi connectivity index (χ1v) is 15.7. The molecule has 0 saturated carbocycles. The first kappa shape index (κ1) is 40.9. The lowest BCUT2D eigenvalue weighted by molar-refractivity contribution is -0.196. The molecule has 0 aliphatic heterocycles. The van der Waals surface area contributed by atoms with Gasteiger partial charge in [-0.15, -0.1) is 5.06 Å². The fourth-order valence-electron chi connectivity index (χ4n) is 3.61. The van der Waals surface area contributed by atoms with Crippen LogP contribution in [-0.4, -0.2) is 77.4 Å². The van der Waals surface area contributed by atoms with Crippen molar-refractivity contribution < 1.29 is 52.5 Å². The minimum absolute atomic E-state index is 0.0454. The summed E-state index contributed by atoms with van der Waals surface area (Å²) in [6.07, 6.45) is 4.52. The number of anilines is 2. The number of imide groups is 1. The predicted octanol–water partition coefficient (Wildman–Crippen LogP) is 5.17. The molecule has 0 radical (unpaired) electrons. The first-order valence-electron chi connectivity index (χ1n) is 14.9. The van der Waals surface area contributed by atoms with E-state index in [-0.39, 0.29) is 32.4 Å². The van der Waals surface area contributed by atoms with Gasteiger partial charge in [0.2, 0.25) is 6.41 Å². The SMILES string of the molecule is CCCCC(=O)ON(C=O)C(=O)CCC.COc1cc(OC)c(/C=C/SNc2ccc(OC)c(NC(=O)OCCNC=O)c2)c(OC)c1. The molecule has 0 heterocycles. The van der Waals surface area contributed by atoms with Crippen LogP contribution in [0.3, 0.4) is 0 Å². The van der Waals surface area contributed by atoms with E-state index in [4.69, 9.17) is 23.7 Å². The van der Waals surface area contributed by atoms with Crippen molar-refractivity contribution in [2.45, 2.75) is 46.0 Å². The summed E-state index contributed by atoms with van der Waals surface area (Å²) in [6.45, 7) is 4.01. The Balaban J connectivity index is 0.000000646. The first-order chi connectivity index (χ1) is 23.2. The van der Waals surface area contributed by atoms with E-state index in [2.05, 4.69) is 20.2 Å². The summed E-state index contributed by atoms with van der Waals surface area (Å²) in [4.78, 5) is 59.5. The molecule has 0 fully saturated rings.